The molecule has 0 spiro atoms. The van der Waals surface area contributed by atoms with E-state index >= 15 is 0 Å². The predicted octanol–water partition coefficient (Wildman–Crippen LogP) is 4.93. The summed E-state index contributed by atoms with van der Waals surface area (Å²) in [6, 6.07) is 11.5. The molecule has 2 aromatic carbocycles. The molecule has 1 aromatic heterocycles. The summed E-state index contributed by atoms with van der Waals surface area (Å²) in [5.41, 5.74) is 1.53. The van der Waals surface area contributed by atoms with Gasteiger partial charge in [-0.2, -0.15) is 13.2 Å². The first-order valence-corrected chi connectivity index (χ1v) is 8.06. The molecular formula is C20H16F3NO3. The Kier molecular flexibility index (Phi) is 5.03. The third kappa shape index (κ3) is 4.19. The van der Waals surface area contributed by atoms with Crippen molar-refractivity contribution in [2.45, 2.75) is 19.7 Å². The van der Waals surface area contributed by atoms with Crippen LogP contribution in [0, 0.1) is 6.92 Å². The van der Waals surface area contributed by atoms with Gasteiger partial charge in [-0.3, -0.25) is 4.98 Å². The van der Waals surface area contributed by atoms with Crippen molar-refractivity contribution in [2.75, 3.05) is 7.11 Å². The van der Waals surface area contributed by atoms with Crippen LogP contribution in [0.2, 0.25) is 0 Å². The molecule has 0 amide bonds. The number of rotatable bonds is 4. The minimum absolute atomic E-state index is 0.107. The molecule has 0 saturated carbocycles. The normalized spacial score (nSPS) is 11.4. The largest absolute Gasteiger partial charge is 0.488 e. The number of carbonyl (C=O) groups excluding carboxylic acids is 1. The van der Waals surface area contributed by atoms with Crippen molar-refractivity contribution < 1.29 is 27.4 Å². The molecule has 0 aliphatic rings. The highest BCUT2D eigenvalue weighted by Gasteiger charge is 2.29. The third-order valence-electron chi connectivity index (χ3n) is 4.00. The van der Waals surface area contributed by atoms with Crippen molar-refractivity contribution in [1.29, 1.82) is 0 Å². The number of hydrogen-bond acceptors (Lipinski definition) is 4. The molecule has 7 heteroatoms. The Morgan fingerprint density at radius 3 is 2.41 bits per heavy atom. The summed E-state index contributed by atoms with van der Waals surface area (Å²) in [5.74, 6) is 0.0706. The molecule has 0 aliphatic carbocycles. The molecule has 0 unspecified atom stereocenters. The number of fused-ring (bicyclic) bond motifs is 1. The molecule has 1 heterocycles. The fourth-order valence-corrected chi connectivity index (χ4v) is 2.64. The first-order valence-electron chi connectivity index (χ1n) is 8.06. The maximum Gasteiger partial charge on any atom is 0.416 e. The molecule has 0 radical (unpaired) electrons. The highest BCUT2D eigenvalue weighted by molar-refractivity contribution is 5.95. The van der Waals surface area contributed by atoms with Crippen LogP contribution >= 0.6 is 0 Å². The van der Waals surface area contributed by atoms with Gasteiger partial charge in [-0.15, -0.1) is 0 Å². The van der Waals surface area contributed by atoms with E-state index in [4.69, 9.17) is 9.47 Å². The zero-order valence-electron chi connectivity index (χ0n) is 14.6. The Hall–Kier alpha value is -3.09. The first-order chi connectivity index (χ1) is 12.8. The van der Waals surface area contributed by atoms with E-state index < -0.39 is 17.7 Å². The van der Waals surface area contributed by atoms with Gasteiger partial charge in [0.05, 0.1) is 23.8 Å². The lowest BCUT2D eigenvalue weighted by Gasteiger charge is -2.12. The van der Waals surface area contributed by atoms with Crippen molar-refractivity contribution in [1.82, 2.24) is 4.98 Å². The van der Waals surface area contributed by atoms with Crippen LogP contribution in [0.4, 0.5) is 13.2 Å². The van der Waals surface area contributed by atoms with Gasteiger partial charge in [-0.1, -0.05) is 12.1 Å². The number of aromatic nitrogens is 1. The summed E-state index contributed by atoms with van der Waals surface area (Å²) < 4.78 is 48.4. The number of pyridine rings is 1. The number of benzene rings is 2. The number of carbonyl (C=O) groups is 1. The molecule has 27 heavy (non-hydrogen) atoms. The predicted molar refractivity (Wildman–Crippen MR) is 93.6 cm³/mol. The van der Waals surface area contributed by atoms with Crippen LogP contribution in [-0.2, 0) is 17.5 Å². The molecule has 0 N–H and O–H groups in total. The van der Waals surface area contributed by atoms with Crippen LogP contribution in [0.15, 0.2) is 48.5 Å². The maximum atomic E-state index is 12.6. The Balaban J connectivity index is 1.85. The zero-order chi connectivity index (χ0) is 19.6. The van der Waals surface area contributed by atoms with Crippen molar-refractivity contribution in [3.05, 3.63) is 70.9 Å². The van der Waals surface area contributed by atoms with E-state index in [2.05, 4.69) is 4.98 Å². The van der Waals surface area contributed by atoms with E-state index in [1.165, 1.54) is 19.2 Å². The molecule has 3 aromatic rings. The standard InChI is InChI=1S/C20H16F3NO3/c1-12-9-18(16-8-5-14(19(25)26-2)10-17(16)24-12)27-11-13-3-6-15(7-4-13)20(21,22)23/h3-10H,11H2,1-2H3. The molecule has 0 bridgehead atoms. The average Bonchev–Trinajstić information content (AvgIpc) is 2.64. The van der Waals surface area contributed by atoms with Gasteiger partial charge in [0.15, 0.2) is 0 Å². The van der Waals surface area contributed by atoms with Crippen molar-refractivity contribution in [2.24, 2.45) is 0 Å². The lowest BCUT2D eigenvalue weighted by molar-refractivity contribution is -0.137. The average molecular weight is 375 g/mol. The number of alkyl halides is 3. The monoisotopic (exact) mass is 375 g/mol. The Bertz CT molecular complexity index is 982. The van der Waals surface area contributed by atoms with Gasteiger partial charge in [0, 0.05) is 17.1 Å². The lowest BCUT2D eigenvalue weighted by Crippen LogP contribution is -2.05. The summed E-state index contributed by atoms with van der Waals surface area (Å²) in [6.45, 7) is 1.89. The molecule has 0 saturated heterocycles. The number of nitrogens with zero attached hydrogens (tertiary/aromatic N) is 1. The van der Waals surface area contributed by atoms with Crippen LogP contribution in [0.1, 0.15) is 27.2 Å². The highest BCUT2D eigenvalue weighted by Crippen LogP contribution is 2.30. The van der Waals surface area contributed by atoms with Crippen molar-refractivity contribution in [3.63, 3.8) is 0 Å². The zero-order valence-corrected chi connectivity index (χ0v) is 14.6. The first kappa shape index (κ1) is 18.7. The summed E-state index contributed by atoms with van der Waals surface area (Å²) in [7, 11) is 1.30. The number of hydrogen-bond donors (Lipinski definition) is 0. The molecule has 0 atom stereocenters. The van der Waals surface area contributed by atoms with E-state index in [0.717, 1.165) is 12.1 Å². The Morgan fingerprint density at radius 2 is 1.78 bits per heavy atom. The lowest BCUT2D eigenvalue weighted by atomic mass is 10.1. The van der Waals surface area contributed by atoms with E-state index in [1.807, 2.05) is 0 Å². The fourth-order valence-electron chi connectivity index (χ4n) is 2.64. The number of aryl methyl sites for hydroxylation is 1. The number of halogens is 3. The second-order valence-corrected chi connectivity index (χ2v) is 5.97. The van der Waals surface area contributed by atoms with E-state index in [0.29, 0.717) is 33.5 Å². The van der Waals surface area contributed by atoms with Crippen LogP contribution in [-0.4, -0.2) is 18.1 Å². The Morgan fingerprint density at radius 1 is 1.07 bits per heavy atom. The quantitative estimate of drug-likeness (QED) is 0.607. The second-order valence-electron chi connectivity index (χ2n) is 5.97. The van der Waals surface area contributed by atoms with Gasteiger partial charge in [0.2, 0.25) is 0 Å². The van der Waals surface area contributed by atoms with Gasteiger partial charge in [-0.05, 0) is 42.8 Å². The minimum atomic E-state index is -4.37. The van der Waals surface area contributed by atoms with E-state index in [1.54, 1.807) is 31.2 Å². The summed E-state index contributed by atoms with van der Waals surface area (Å²) >= 11 is 0. The molecular weight excluding hydrogens is 359 g/mol. The van der Waals surface area contributed by atoms with Crippen LogP contribution < -0.4 is 4.74 Å². The van der Waals surface area contributed by atoms with Crippen molar-refractivity contribution >= 4 is 16.9 Å². The summed E-state index contributed by atoms with van der Waals surface area (Å²) in [5, 5.41) is 0.695. The Labute approximate surface area is 153 Å². The van der Waals surface area contributed by atoms with Gasteiger partial charge in [0.25, 0.3) is 0 Å². The number of esters is 1. The summed E-state index contributed by atoms with van der Waals surface area (Å²) in [6.07, 6.45) is -4.37. The molecule has 0 fully saturated rings. The topological polar surface area (TPSA) is 48.4 Å². The van der Waals surface area contributed by atoms with Gasteiger partial charge in [-0.25, -0.2) is 4.79 Å². The number of methoxy groups -OCH3 is 1. The van der Waals surface area contributed by atoms with Crippen molar-refractivity contribution in [3.8, 4) is 5.75 Å². The van der Waals surface area contributed by atoms with Gasteiger partial charge < -0.3 is 9.47 Å². The maximum absolute atomic E-state index is 12.6. The molecule has 140 valence electrons. The molecule has 4 nitrogen and oxygen atoms in total. The SMILES string of the molecule is COC(=O)c1ccc2c(OCc3ccc(C(F)(F)F)cc3)cc(C)nc2c1. The second kappa shape index (κ2) is 7.26. The smallest absolute Gasteiger partial charge is 0.416 e. The number of ether oxygens (including phenoxy) is 2. The highest BCUT2D eigenvalue weighted by atomic mass is 19.4. The third-order valence-corrected chi connectivity index (χ3v) is 4.00. The summed E-state index contributed by atoms with van der Waals surface area (Å²) in [4.78, 5) is 16.1. The van der Waals surface area contributed by atoms with Crippen LogP contribution in [0.5, 0.6) is 5.75 Å². The fraction of sp³-hybridized carbons (Fsp3) is 0.200. The molecule has 3 rings (SSSR count). The van der Waals surface area contributed by atoms with Crippen LogP contribution in [0.25, 0.3) is 10.9 Å². The molecule has 0 aliphatic heterocycles. The minimum Gasteiger partial charge on any atom is -0.488 e. The van der Waals surface area contributed by atoms with Gasteiger partial charge in [0.1, 0.15) is 12.4 Å². The van der Waals surface area contributed by atoms with E-state index in [-0.39, 0.29) is 6.61 Å². The van der Waals surface area contributed by atoms with E-state index in [9.17, 15) is 18.0 Å². The van der Waals surface area contributed by atoms with Gasteiger partial charge >= 0.3 is 12.1 Å². The van der Waals surface area contributed by atoms with Crippen LogP contribution in [0.3, 0.4) is 0 Å².